The molecule has 0 bridgehead atoms. The Labute approximate surface area is 85.5 Å². The number of amides is 2. The minimum atomic E-state index is -0.894. The van der Waals surface area contributed by atoms with E-state index in [0.717, 1.165) is 0 Å². The number of rotatable bonds is 5. The van der Waals surface area contributed by atoms with Crippen LogP contribution in [-0.4, -0.2) is 55.4 Å². The zero-order valence-corrected chi connectivity index (χ0v) is 9.42. The molecule has 5 nitrogen and oxygen atoms in total. The number of hydrogen-bond donors (Lipinski definition) is 3. The lowest BCUT2D eigenvalue weighted by atomic mass is 10.1. The molecule has 3 N–H and O–H groups in total. The van der Waals surface area contributed by atoms with E-state index in [1.165, 1.54) is 0 Å². The lowest BCUT2D eigenvalue weighted by molar-refractivity contribution is 0.0360. The molecule has 0 aromatic carbocycles. The fourth-order valence-corrected chi connectivity index (χ4v) is 1.23. The van der Waals surface area contributed by atoms with Crippen molar-refractivity contribution in [1.29, 1.82) is 0 Å². The van der Waals surface area contributed by atoms with Crippen LogP contribution in [0.2, 0.25) is 0 Å². The summed E-state index contributed by atoms with van der Waals surface area (Å²) >= 11 is 0. The van der Waals surface area contributed by atoms with Gasteiger partial charge in [-0.3, -0.25) is 0 Å². The first kappa shape index (κ1) is 13.2. The highest BCUT2D eigenvalue weighted by Crippen LogP contribution is 2.01. The number of hydrogen-bond acceptors (Lipinski definition) is 3. The second-order valence-electron chi connectivity index (χ2n) is 3.95. The number of nitrogens with one attached hydrogen (secondary N) is 2. The third-order valence-corrected chi connectivity index (χ3v) is 1.62. The minimum absolute atomic E-state index is 0.244. The Morgan fingerprint density at radius 1 is 1.43 bits per heavy atom. The summed E-state index contributed by atoms with van der Waals surface area (Å²) in [5, 5.41) is 15.0. The van der Waals surface area contributed by atoms with Crippen LogP contribution in [0.4, 0.5) is 4.79 Å². The second kappa shape index (κ2) is 5.82. The van der Waals surface area contributed by atoms with Gasteiger partial charge in [0.2, 0.25) is 0 Å². The van der Waals surface area contributed by atoms with Gasteiger partial charge in [0.25, 0.3) is 0 Å². The van der Waals surface area contributed by atoms with Crippen molar-refractivity contribution >= 4 is 6.03 Å². The predicted octanol–water partition coefficient (Wildman–Crippen LogP) is -0.382. The van der Waals surface area contributed by atoms with Crippen molar-refractivity contribution in [2.45, 2.75) is 19.4 Å². The van der Waals surface area contributed by atoms with E-state index >= 15 is 0 Å². The molecule has 84 valence electrons. The van der Waals surface area contributed by atoms with Crippen LogP contribution < -0.4 is 10.6 Å². The summed E-state index contributed by atoms with van der Waals surface area (Å²) in [5.41, 5.74) is -0.894. The van der Waals surface area contributed by atoms with E-state index in [2.05, 4.69) is 10.6 Å². The van der Waals surface area contributed by atoms with Gasteiger partial charge in [-0.1, -0.05) is 0 Å². The maximum atomic E-state index is 11.0. The first-order valence-electron chi connectivity index (χ1n) is 4.76. The van der Waals surface area contributed by atoms with Gasteiger partial charge >= 0.3 is 6.03 Å². The summed E-state index contributed by atoms with van der Waals surface area (Å²) < 4.78 is 0. The molecule has 0 rings (SSSR count). The van der Waals surface area contributed by atoms with E-state index in [-0.39, 0.29) is 12.6 Å². The minimum Gasteiger partial charge on any atom is -0.387 e. The Morgan fingerprint density at radius 3 is 2.43 bits per heavy atom. The first-order valence-corrected chi connectivity index (χ1v) is 4.76. The molecule has 0 spiro atoms. The highest BCUT2D eigenvalue weighted by Gasteiger charge is 2.21. The summed E-state index contributed by atoms with van der Waals surface area (Å²) in [6.45, 7) is 4.88. The van der Waals surface area contributed by atoms with Gasteiger partial charge in [-0.05, 0) is 27.9 Å². The van der Waals surface area contributed by atoms with Crippen LogP contribution in [0.1, 0.15) is 13.8 Å². The number of nitrogens with zero attached hydrogens (tertiary/aromatic N) is 1. The van der Waals surface area contributed by atoms with Crippen LogP contribution in [0.25, 0.3) is 0 Å². The van der Waals surface area contributed by atoms with E-state index < -0.39 is 5.60 Å². The molecular formula is C9H21N3O2. The topological polar surface area (TPSA) is 64.6 Å². The van der Waals surface area contributed by atoms with Crippen molar-refractivity contribution in [2.75, 3.05) is 33.7 Å². The van der Waals surface area contributed by atoms with Crippen molar-refractivity contribution in [3.8, 4) is 0 Å². The average molecular weight is 203 g/mol. The molecule has 0 aliphatic rings. The van der Waals surface area contributed by atoms with E-state index in [4.69, 9.17) is 0 Å². The second-order valence-corrected chi connectivity index (χ2v) is 3.95. The molecule has 14 heavy (non-hydrogen) atoms. The van der Waals surface area contributed by atoms with Crippen molar-refractivity contribution < 1.29 is 9.90 Å². The van der Waals surface area contributed by atoms with Crippen molar-refractivity contribution in [1.82, 2.24) is 15.5 Å². The van der Waals surface area contributed by atoms with Gasteiger partial charge in [-0.15, -0.1) is 0 Å². The maximum Gasteiger partial charge on any atom is 0.314 e. The Kier molecular flexibility index (Phi) is 5.49. The Morgan fingerprint density at radius 2 is 2.00 bits per heavy atom. The van der Waals surface area contributed by atoms with Crippen molar-refractivity contribution in [3.63, 3.8) is 0 Å². The molecule has 1 atom stereocenters. The Bertz CT molecular complexity index is 181. The van der Waals surface area contributed by atoms with Gasteiger partial charge in [0.15, 0.2) is 0 Å². The van der Waals surface area contributed by atoms with E-state index in [9.17, 15) is 9.90 Å². The van der Waals surface area contributed by atoms with Gasteiger partial charge in [0.05, 0.1) is 5.60 Å². The fourth-order valence-electron chi connectivity index (χ4n) is 1.23. The highest BCUT2D eigenvalue weighted by molar-refractivity contribution is 5.73. The van der Waals surface area contributed by atoms with E-state index in [0.29, 0.717) is 13.1 Å². The third-order valence-electron chi connectivity index (χ3n) is 1.62. The number of likely N-dealkylation sites (N-methyl/N-ethyl adjacent to an activating group) is 1. The number of carbonyl (C=O) groups excluding carboxylic acids is 1. The summed E-state index contributed by atoms with van der Waals surface area (Å²) in [6, 6.07) is -0.244. The van der Waals surface area contributed by atoms with Gasteiger partial charge in [-0.2, -0.15) is 0 Å². The van der Waals surface area contributed by atoms with Gasteiger partial charge in [0, 0.05) is 19.6 Å². The SMILES string of the molecule is CCNC(=O)NCC(C)(O)CN(C)C. The molecular weight excluding hydrogens is 182 g/mol. The van der Waals surface area contributed by atoms with E-state index in [1.807, 2.05) is 25.9 Å². The quantitative estimate of drug-likeness (QED) is 0.570. The summed E-state index contributed by atoms with van der Waals surface area (Å²) in [6.07, 6.45) is 0. The molecule has 0 aliphatic heterocycles. The molecule has 0 fully saturated rings. The van der Waals surface area contributed by atoms with Crippen LogP contribution in [-0.2, 0) is 0 Å². The van der Waals surface area contributed by atoms with E-state index in [1.54, 1.807) is 6.92 Å². The van der Waals surface area contributed by atoms with Crippen molar-refractivity contribution in [3.05, 3.63) is 0 Å². The molecule has 1 unspecified atom stereocenters. The predicted molar refractivity (Wildman–Crippen MR) is 56.3 cm³/mol. The molecule has 0 aromatic heterocycles. The van der Waals surface area contributed by atoms with Crippen LogP contribution in [0.5, 0.6) is 0 Å². The van der Waals surface area contributed by atoms with Crippen LogP contribution >= 0.6 is 0 Å². The van der Waals surface area contributed by atoms with Crippen LogP contribution in [0.3, 0.4) is 0 Å². The normalized spacial score (nSPS) is 15.0. The smallest absolute Gasteiger partial charge is 0.314 e. The standard InChI is InChI=1S/C9H21N3O2/c1-5-10-8(13)11-6-9(2,14)7-12(3)4/h14H,5-7H2,1-4H3,(H2,10,11,13). The molecule has 0 aromatic rings. The molecule has 0 saturated carbocycles. The fraction of sp³-hybridized carbons (Fsp3) is 0.889. The summed E-state index contributed by atoms with van der Waals surface area (Å²) in [5.74, 6) is 0. The third kappa shape index (κ3) is 6.68. The van der Waals surface area contributed by atoms with Crippen LogP contribution in [0.15, 0.2) is 0 Å². The molecule has 0 radical (unpaired) electrons. The maximum absolute atomic E-state index is 11.0. The lowest BCUT2D eigenvalue weighted by Gasteiger charge is -2.27. The lowest BCUT2D eigenvalue weighted by Crippen LogP contribution is -2.49. The largest absolute Gasteiger partial charge is 0.387 e. The average Bonchev–Trinajstić information content (AvgIpc) is 1.99. The molecule has 0 heterocycles. The monoisotopic (exact) mass is 203 g/mol. The molecule has 2 amide bonds. The molecule has 0 saturated heterocycles. The van der Waals surface area contributed by atoms with Gasteiger partial charge < -0.3 is 20.6 Å². The summed E-state index contributed by atoms with van der Waals surface area (Å²) in [7, 11) is 3.75. The van der Waals surface area contributed by atoms with Crippen molar-refractivity contribution in [2.24, 2.45) is 0 Å². The first-order chi connectivity index (χ1) is 6.37. The number of urea groups is 1. The molecule has 5 heteroatoms. The van der Waals surface area contributed by atoms with Gasteiger partial charge in [0.1, 0.15) is 0 Å². The highest BCUT2D eigenvalue weighted by atomic mass is 16.3. The Balaban J connectivity index is 3.80. The van der Waals surface area contributed by atoms with Crippen LogP contribution in [0, 0.1) is 0 Å². The summed E-state index contributed by atoms with van der Waals surface area (Å²) in [4.78, 5) is 12.9. The zero-order chi connectivity index (χ0) is 11.2. The Hall–Kier alpha value is -0.810. The zero-order valence-electron chi connectivity index (χ0n) is 9.42. The molecule has 0 aliphatic carbocycles. The van der Waals surface area contributed by atoms with Gasteiger partial charge in [-0.25, -0.2) is 4.79 Å². The number of carbonyl (C=O) groups is 1. The number of aliphatic hydroxyl groups is 1.